The number of hydrogen-bond acceptors (Lipinski definition) is 10. The smallest absolute Gasteiger partial charge is 0.369 e. The molecule has 51 heavy (non-hydrogen) atoms. The minimum Gasteiger partial charge on any atom is -0.369 e. The number of benzene rings is 2. The summed E-state index contributed by atoms with van der Waals surface area (Å²) in [6.07, 6.45) is -11.3. The molecule has 2 aliphatic rings. The van der Waals surface area contributed by atoms with Gasteiger partial charge in [-0.05, 0) is 80.6 Å². The Morgan fingerprint density at radius 2 is 1.41 bits per heavy atom. The Balaban J connectivity index is 1.78. The number of urea groups is 1. The maximum Gasteiger partial charge on any atom is 0.416 e. The second-order valence-electron chi connectivity index (χ2n) is 12.9. The van der Waals surface area contributed by atoms with Gasteiger partial charge in [0.25, 0.3) is 5.91 Å². The van der Waals surface area contributed by atoms with Gasteiger partial charge in [0.15, 0.2) is 5.72 Å². The highest BCUT2D eigenvalue weighted by Gasteiger charge is 2.77. The van der Waals surface area contributed by atoms with Crippen molar-refractivity contribution in [2.45, 2.75) is 94.5 Å². The maximum absolute atomic E-state index is 14.2. The minimum atomic E-state index is -5.17. The van der Waals surface area contributed by atoms with Gasteiger partial charge in [-0.25, -0.2) is 19.0 Å². The van der Waals surface area contributed by atoms with E-state index in [-0.39, 0.29) is 22.1 Å². The number of nitrogens with zero attached hydrogens (tertiary/aromatic N) is 4. The van der Waals surface area contributed by atoms with E-state index in [1.165, 1.54) is 19.9 Å². The molecule has 4 unspecified atom stereocenters. The van der Waals surface area contributed by atoms with Crippen LogP contribution in [-0.4, -0.2) is 110 Å². The normalized spacial score (nSPS) is 25.8. The molecule has 0 saturated carbocycles. The van der Waals surface area contributed by atoms with Crippen LogP contribution >= 0.6 is 0 Å². The Labute approximate surface area is 285 Å². The second kappa shape index (κ2) is 12.8. The number of carbonyl (C=O) groups is 2. The highest BCUT2D eigenvalue weighted by atomic mass is 19.4. The first-order valence-electron chi connectivity index (χ1n) is 15.2. The van der Waals surface area contributed by atoms with Crippen LogP contribution in [0.4, 0.5) is 35.5 Å². The van der Waals surface area contributed by atoms with Crippen molar-refractivity contribution < 1.29 is 76.1 Å². The van der Waals surface area contributed by atoms with E-state index >= 15 is 0 Å². The van der Waals surface area contributed by atoms with E-state index in [9.17, 15) is 76.1 Å². The molecule has 0 bridgehead atoms. The lowest BCUT2D eigenvalue weighted by atomic mass is 9.85. The van der Waals surface area contributed by atoms with Crippen LogP contribution in [0.3, 0.4) is 0 Å². The maximum atomic E-state index is 14.2. The van der Waals surface area contributed by atoms with Crippen molar-refractivity contribution in [2.24, 2.45) is 0 Å². The van der Waals surface area contributed by atoms with E-state index in [0.29, 0.717) is 26.0 Å². The van der Waals surface area contributed by atoms with Crippen molar-refractivity contribution in [3.8, 4) is 0 Å². The molecule has 4 rings (SSSR count). The summed E-state index contributed by atoms with van der Waals surface area (Å²) in [4.78, 5) is 27.8. The number of aliphatic hydroxyl groups is 7. The summed E-state index contributed by atoms with van der Waals surface area (Å²) in [6.45, 7) is 3.38. The van der Waals surface area contributed by atoms with Gasteiger partial charge in [0.05, 0.1) is 23.2 Å². The zero-order chi connectivity index (χ0) is 39.0. The highest BCUT2D eigenvalue weighted by molar-refractivity contribution is 5.76. The van der Waals surface area contributed by atoms with Crippen molar-refractivity contribution in [2.75, 3.05) is 13.6 Å². The Morgan fingerprint density at radius 3 is 1.88 bits per heavy atom. The number of aryl methyl sites for hydroxylation is 1. The molecular formula is C31H37F7N4O9. The zero-order valence-electron chi connectivity index (χ0n) is 27.7. The van der Waals surface area contributed by atoms with Crippen molar-refractivity contribution in [1.29, 1.82) is 0 Å². The molecule has 0 radical (unpaired) electrons. The summed E-state index contributed by atoms with van der Waals surface area (Å²) in [5.74, 6) is -14.4. The van der Waals surface area contributed by atoms with Crippen LogP contribution in [0.25, 0.3) is 0 Å². The lowest BCUT2D eigenvalue weighted by Crippen LogP contribution is -2.91. The molecule has 0 aliphatic carbocycles. The zero-order valence-corrected chi connectivity index (χ0v) is 27.7. The molecule has 20 heteroatoms. The van der Waals surface area contributed by atoms with Gasteiger partial charge in [-0.2, -0.15) is 26.3 Å². The first-order valence-corrected chi connectivity index (χ1v) is 15.2. The van der Waals surface area contributed by atoms with Gasteiger partial charge in [-0.1, -0.05) is 6.07 Å². The highest BCUT2D eigenvalue weighted by Crippen LogP contribution is 2.49. The van der Waals surface area contributed by atoms with Gasteiger partial charge in [-0.15, -0.1) is 0 Å². The molecule has 2 heterocycles. The quantitative estimate of drug-likeness (QED) is 0.181. The fourth-order valence-corrected chi connectivity index (χ4v) is 6.79. The predicted molar refractivity (Wildman–Crippen MR) is 158 cm³/mol. The molecular weight excluding hydrogens is 705 g/mol. The van der Waals surface area contributed by atoms with Crippen LogP contribution in [0, 0.1) is 12.7 Å². The number of carbonyl (C=O) groups excluding carboxylic acids is 2. The first kappa shape index (κ1) is 40.1. The van der Waals surface area contributed by atoms with Crippen LogP contribution in [0.15, 0.2) is 36.4 Å². The average Bonchev–Trinajstić information content (AvgIpc) is 2.97. The van der Waals surface area contributed by atoms with Gasteiger partial charge in [-0.3, -0.25) is 4.79 Å². The van der Waals surface area contributed by atoms with Crippen LogP contribution in [-0.2, 0) is 17.1 Å². The topological polar surface area (TPSA) is 189 Å². The van der Waals surface area contributed by atoms with Gasteiger partial charge >= 0.3 is 30.2 Å². The second-order valence-corrected chi connectivity index (χ2v) is 12.9. The molecule has 2 aromatic rings. The summed E-state index contributed by atoms with van der Waals surface area (Å²) in [7, 11) is 1.11. The molecule has 7 N–H and O–H groups in total. The Bertz CT molecular complexity index is 1620. The molecule has 4 atom stereocenters. The third-order valence-corrected chi connectivity index (χ3v) is 9.58. The molecule has 2 fully saturated rings. The van der Waals surface area contributed by atoms with E-state index in [2.05, 4.69) is 0 Å². The van der Waals surface area contributed by atoms with Crippen molar-refractivity contribution in [1.82, 2.24) is 19.6 Å². The summed E-state index contributed by atoms with van der Waals surface area (Å²) in [5.41, 5.74) is -6.63. The summed E-state index contributed by atoms with van der Waals surface area (Å²) in [5, 5.41) is 76.7. The fourth-order valence-electron chi connectivity index (χ4n) is 6.79. The van der Waals surface area contributed by atoms with Crippen LogP contribution in [0.1, 0.15) is 73.5 Å². The Hall–Kier alpha value is -3.63. The number of likely N-dealkylation sites (tertiary alicyclic amines) is 1. The number of piperazine rings is 1. The average molecular weight is 743 g/mol. The third kappa shape index (κ3) is 6.74. The number of piperidine rings is 1. The van der Waals surface area contributed by atoms with E-state index in [1.807, 2.05) is 0 Å². The summed E-state index contributed by atoms with van der Waals surface area (Å²) >= 11 is 0. The molecule has 284 valence electrons. The molecule has 0 aromatic heterocycles. The molecule has 2 saturated heterocycles. The van der Waals surface area contributed by atoms with Gasteiger partial charge < -0.3 is 45.5 Å². The fraction of sp³-hybridized carbons (Fsp3) is 0.548. The molecule has 2 aliphatic heterocycles. The number of alkyl halides is 6. The summed E-state index contributed by atoms with van der Waals surface area (Å²) < 4.78 is 95.7. The monoisotopic (exact) mass is 742 g/mol. The van der Waals surface area contributed by atoms with Crippen molar-refractivity contribution in [3.63, 3.8) is 0 Å². The molecule has 2 aromatic carbocycles. The van der Waals surface area contributed by atoms with E-state index in [0.717, 1.165) is 29.0 Å². The molecule has 3 amide bonds. The minimum absolute atomic E-state index is 0.0649. The Morgan fingerprint density at radius 1 is 0.882 bits per heavy atom. The van der Waals surface area contributed by atoms with Crippen molar-refractivity contribution in [3.05, 3.63) is 70.0 Å². The SMILES string of the molecule is CC(=O)N1C(O)(O)C(C)(O)N(C2CCN(C(=O)N(C)C(C)c3cc(C(F)(F)F)cc(C(F)(F)F)c3)C(c3ccc(F)cc3C)C2)C(O)(O)C1(O)O. The lowest BCUT2D eigenvalue weighted by molar-refractivity contribution is -0.570. The van der Waals surface area contributed by atoms with Crippen LogP contribution in [0.2, 0.25) is 0 Å². The number of hydrogen-bond donors (Lipinski definition) is 7. The van der Waals surface area contributed by atoms with Crippen molar-refractivity contribution >= 4 is 11.9 Å². The third-order valence-electron chi connectivity index (χ3n) is 9.58. The van der Waals surface area contributed by atoms with E-state index in [1.54, 1.807) is 0 Å². The Kier molecular flexibility index (Phi) is 10.1. The predicted octanol–water partition coefficient (Wildman–Crippen LogP) is 2.28. The van der Waals surface area contributed by atoms with Gasteiger partial charge in [0, 0.05) is 26.6 Å². The van der Waals surface area contributed by atoms with Crippen LogP contribution in [0.5, 0.6) is 0 Å². The van der Waals surface area contributed by atoms with Gasteiger partial charge in [0.1, 0.15) is 5.82 Å². The van der Waals surface area contributed by atoms with Crippen LogP contribution < -0.4 is 0 Å². The first-order chi connectivity index (χ1) is 23.0. The number of rotatable bonds is 4. The number of amides is 3. The lowest BCUT2D eigenvalue weighted by Gasteiger charge is -2.64. The van der Waals surface area contributed by atoms with E-state index in [4.69, 9.17) is 0 Å². The molecule has 13 nitrogen and oxygen atoms in total. The molecule has 0 spiro atoms. The number of halogens is 7. The largest absolute Gasteiger partial charge is 0.416 e. The summed E-state index contributed by atoms with van der Waals surface area (Å²) in [6, 6.07) is -0.992. The standard InChI is InChI=1S/C31H37F7N4O9/c1-15-10-21(32)6-7-23(15)24-14-22(42-26(4,45)29(46,47)41(17(3)43)30(48,49)31(42,50)51)8-9-40(24)25(44)39(5)16(2)18-11-19(27(33,34)35)13-20(12-18)28(36,37)38/h6-7,10-13,16,22,24,45-51H,8-9,14H2,1-5H3. The van der Waals surface area contributed by atoms with E-state index < -0.39 is 113 Å². The van der Waals surface area contributed by atoms with Gasteiger partial charge in [0.2, 0.25) is 5.91 Å².